The number of hydrogen-bond acceptors (Lipinski definition) is 4. The Hall–Kier alpha value is -3.89. The van der Waals surface area contributed by atoms with E-state index in [4.69, 9.17) is 5.26 Å². The van der Waals surface area contributed by atoms with E-state index in [1.807, 2.05) is 53.9 Å². The van der Waals surface area contributed by atoms with Crippen LogP contribution in [0.5, 0.6) is 0 Å². The molecule has 0 atom stereocenters. The molecule has 0 saturated heterocycles. The molecule has 0 fully saturated rings. The van der Waals surface area contributed by atoms with Crippen molar-refractivity contribution in [3.8, 4) is 6.07 Å². The Morgan fingerprint density at radius 1 is 1.00 bits per heavy atom. The number of hydrogen-bond donors (Lipinski definition) is 1. The van der Waals surface area contributed by atoms with Gasteiger partial charge in [-0.1, -0.05) is 42.5 Å². The Bertz CT molecular complexity index is 1070. The molecule has 0 aliphatic carbocycles. The second kappa shape index (κ2) is 11.5. The third kappa shape index (κ3) is 6.56. The minimum atomic E-state index is -0.404. The highest BCUT2D eigenvalue weighted by Gasteiger charge is 2.21. The summed E-state index contributed by atoms with van der Waals surface area (Å²) < 4.78 is 0. The molecule has 0 aliphatic heterocycles. The standard InChI is InChI=1S/C25H24N4O2S/c1-2-14-28(25(31)27-22-12-10-20(16-26)11-13-22)19-24(30)29(18-23-9-6-15-32-23)17-21-7-4-3-5-8-21/h2-13,15H,1,14,17-19H2,(H,27,31). The van der Waals surface area contributed by atoms with E-state index in [1.165, 1.54) is 4.90 Å². The number of nitriles is 1. The van der Waals surface area contributed by atoms with Gasteiger partial charge >= 0.3 is 6.03 Å². The van der Waals surface area contributed by atoms with Crippen LogP contribution >= 0.6 is 11.3 Å². The number of anilines is 1. The van der Waals surface area contributed by atoms with E-state index in [9.17, 15) is 9.59 Å². The Morgan fingerprint density at radius 2 is 1.75 bits per heavy atom. The highest BCUT2D eigenvalue weighted by atomic mass is 32.1. The van der Waals surface area contributed by atoms with Crippen LogP contribution in [0.3, 0.4) is 0 Å². The van der Waals surface area contributed by atoms with Crippen molar-refractivity contribution < 1.29 is 9.59 Å². The Labute approximate surface area is 192 Å². The molecule has 32 heavy (non-hydrogen) atoms. The van der Waals surface area contributed by atoms with Crippen molar-refractivity contribution in [3.05, 3.63) is 101 Å². The predicted molar refractivity (Wildman–Crippen MR) is 127 cm³/mol. The summed E-state index contributed by atoms with van der Waals surface area (Å²) in [5, 5.41) is 13.7. The van der Waals surface area contributed by atoms with Crippen molar-refractivity contribution in [1.29, 1.82) is 5.26 Å². The van der Waals surface area contributed by atoms with E-state index in [2.05, 4.69) is 11.9 Å². The lowest BCUT2D eigenvalue weighted by Gasteiger charge is -2.27. The first-order valence-electron chi connectivity index (χ1n) is 10.1. The number of amides is 3. The number of nitrogens with one attached hydrogen (secondary N) is 1. The van der Waals surface area contributed by atoms with Gasteiger partial charge in [-0.3, -0.25) is 4.79 Å². The fourth-order valence-corrected chi connectivity index (χ4v) is 3.82. The predicted octanol–water partition coefficient (Wildman–Crippen LogP) is 4.87. The van der Waals surface area contributed by atoms with E-state index >= 15 is 0 Å². The molecule has 1 aromatic heterocycles. The van der Waals surface area contributed by atoms with E-state index in [0.29, 0.717) is 24.3 Å². The first kappa shape index (κ1) is 22.8. The van der Waals surface area contributed by atoms with Crippen LogP contribution in [-0.2, 0) is 17.9 Å². The molecule has 3 amide bonds. The maximum absolute atomic E-state index is 13.2. The summed E-state index contributed by atoms with van der Waals surface area (Å²) >= 11 is 1.59. The van der Waals surface area contributed by atoms with Crippen molar-refractivity contribution in [2.45, 2.75) is 13.1 Å². The zero-order valence-electron chi connectivity index (χ0n) is 17.6. The van der Waals surface area contributed by atoms with Crippen molar-refractivity contribution in [2.24, 2.45) is 0 Å². The van der Waals surface area contributed by atoms with Gasteiger partial charge in [0.25, 0.3) is 0 Å². The summed E-state index contributed by atoms with van der Waals surface area (Å²) in [6.45, 7) is 4.80. The average molecular weight is 445 g/mol. The third-order valence-corrected chi connectivity index (χ3v) is 5.59. The van der Waals surface area contributed by atoms with E-state index in [1.54, 1.807) is 46.6 Å². The maximum Gasteiger partial charge on any atom is 0.322 e. The molecule has 1 heterocycles. The van der Waals surface area contributed by atoms with E-state index < -0.39 is 6.03 Å². The number of urea groups is 1. The largest absolute Gasteiger partial charge is 0.332 e. The van der Waals surface area contributed by atoms with Gasteiger partial charge in [0.15, 0.2) is 0 Å². The monoisotopic (exact) mass is 444 g/mol. The van der Waals surface area contributed by atoms with Crippen molar-refractivity contribution >= 4 is 29.0 Å². The quantitative estimate of drug-likeness (QED) is 0.479. The molecule has 162 valence electrons. The normalized spacial score (nSPS) is 10.1. The number of rotatable bonds is 9. The Balaban J connectivity index is 1.71. The number of nitrogens with zero attached hydrogens (tertiary/aromatic N) is 3. The minimum Gasteiger partial charge on any atom is -0.332 e. The Morgan fingerprint density at radius 3 is 2.38 bits per heavy atom. The van der Waals surface area contributed by atoms with Crippen molar-refractivity contribution in [2.75, 3.05) is 18.4 Å². The minimum absolute atomic E-state index is 0.0770. The second-order valence-electron chi connectivity index (χ2n) is 7.10. The first-order chi connectivity index (χ1) is 15.6. The highest BCUT2D eigenvalue weighted by molar-refractivity contribution is 7.09. The van der Waals surface area contributed by atoms with Gasteiger partial charge in [0.2, 0.25) is 5.91 Å². The van der Waals surface area contributed by atoms with Crippen LogP contribution in [0.15, 0.2) is 84.8 Å². The van der Waals surface area contributed by atoms with Crippen LogP contribution in [-0.4, -0.2) is 34.8 Å². The van der Waals surface area contributed by atoms with Crippen LogP contribution in [0.4, 0.5) is 10.5 Å². The molecule has 7 heteroatoms. The highest BCUT2D eigenvalue weighted by Crippen LogP contribution is 2.16. The van der Waals surface area contributed by atoms with Gasteiger partial charge in [-0.05, 0) is 41.3 Å². The van der Waals surface area contributed by atoms with E-state index in [-0.39, 0.29) is 19.0 Å². The van der Waals surface area contributed by atoms with Gasteiger partial charge in [-0.25, -0.2) is 4.79 Å². The molecule has 0 bridgehead atoms. The average Bonchev–Trinajstić information content (AvgIpc) is 3.32. The van der Waals surface area contributed by atoms with Crippen LogP contribution in [0.25, 0.3) is 0 Å². The first-order valence-corrected chi connectivity index (χ1v) is 11.0. The molecular weight excluding hydrogens is 420 g/mol. The van der Waals surface area contributed by atoms with E-state index in [0.717, 1.165) is 10.4 Å². The van der Waals surface area contributed by atoms with Gasteiger partial charge in [-0.15, -0.1) is 17.9 Å². The van der Waals surface area contributed by atoms with Crippen molar-refractivity contribution in [1.82, 2.24) is 9.80 Å². The molecule has 3 aromatic rings. The lowest BCUT2D eigenvalue weighted by Crippen LogP contribution is -2.44. The van der Waals surface area contributed by atoms with Gasteiger partial charge in [-0.2, -0.15) is 5.26 Å². The molecule has 0 radical (unpaired) electrons. The second-order valence-corrected chi connectivity index (χ2v) is 8.14. The third-order valence-electron chi connectivity index (χ3n) is 4.72. The van der Waals surface area contributed by atoms with Crippen LogP contribution in [0.1, 0.15) is 16.0 Å². The zero-order chi connectivity index (χ0) is 22.8. The molecule has 0 spiro atoms. The topological polar surface area (TPSA) is 76.4 Å². The van der Waals surface area contributed by atoms with Gasteiger partial charge < -0.3 is 15.1 Å². The molecule has 0 saturated carbocycles. The number of benzene rings is 2. The summed E-state index contributed by atoms with van der Waals surface area (Å²) in [6.07, 6.45) is 1.59. The van der Waals surface area contributed by atoms with Gasteiger partial charge in [0.05, 0.1) is 18.2 Å². The molecule has 2 aromatic carbocycles. The number of carbonyl (C=O) groups is 2. The fourth-order valence-electron chi connectivity index (χ4n) is 3.10. The smallest absolute Gasteiger partial charge is 0.322 e. The summed E-state index contributed by atoms with van der Waals surface area (Å²) in [4.78, 5) is 30.3. The zero-order valence-corrected chi connectivity index (χ0v) is 18.4. The molecule has 1 N–H and O–H groups in total. The lowest BCUT2D eigenvalue weighted by atomic mass is 10.2. The summed E-state index contributed by atoms with van der Waals surface area (Å²) in [6, 6.07) is 21.9. The van der Waals surface area contributed by atoms with Crippen LogP contribution in [0, 0.1) is 11.3 Å². The van der Waals surface area contributed by atoms with Crippen LogP contribution < -0.4 is 5.32 Å². The van der Waals surface area contributed by atoms with Crippen LogP contribution in [0.2, 0.25) is 0 Å². The number of thiophene rings is 1. The molecule has 0 unspecified atom stereocenters. The lowest BCUT2D eigenvalue weighted by molar-refractivity contribution is -0.132. The summed E-state index contributed by atoms with van der Waals surface area (Å²) in [5.41, 5.74) is 2.08. The van der Waals surface area contributed by atoms with Gasteiger partial charge in [0.1, 0.15) is 6.54 Å². The Kier molecular flexibility index (Phi) is 8.18. The molecule has 3 rings (SSSR count). The molecule has 6 nitrogen and oxygen atoms in total. The maximum atomic E-state index is 13.2. The number of carbonyl (C=O) groups excluding carboxylic acids is 2. The molecular formula is C25H24N4O2S. The molecule has 0 aliphatic rings. The SMILES string of the molecule is C=CCN(CC(=O)N(Cc1ccccc1)Cc1cccs1)C(=O)Nc1ccc(C#N)cc1. The van der Waals surface area contributed by atoms with Crippen molar-refractivity contribution in [3.63, 3.8) is 0 Å². The van der Waals surface area contributed by atoms with Gasteiger partial charge in [0, 0.05) is 23.7 Å². The fraction of sp³-hybridized carbons (Fsp3) is 0.160. The summed E-state index contributed by atoms with van der Waals surface area (Å²) in [7, 11) is 0. The summed E-state index contributed by atoms with van der Waals surface area (Å²) in [5.74, 6) is -0.154.